The number of azo groups is 1. The van der Waals surface area contributed by atoms with Crippen LogP contribution in [-0.4, -0.2) is 125 Å². The molecule has 6 rings (SSSR count). The molecule has 6 aliphatic rings. The first-order valence-corrected chi connectivity index (χ1v) is 20.5. The molecule has 0 aliphatic carbocycles. The van der Waals surface area contributed by atoms with Gasteiger partial charge in [-0.15, -0.1) is 0 Å². The topological polar surface area (TPSA) is 227 Å². The van der Waals surface area contributed by atoms with E-state index >= 15 is 0 Å². The minimum atomic E-state index is -0.752. The number of nitrogens with zero attached hydrogens (tertiary/aromatic N) is 6. The smallest absolute Gasteiger partial charge is 0.148 e. The van der Waals surface area contributed by atoms with Crippen LogP contribution in [0.3, 0.4) is 0 Å². The summed E-state index contributed by atoms with van der Waals surface area (Å²) in [6.07, 6.45) is 10.6. The molecule has 0 bridgehead atoms. The maximum atomic E-state index is 8.61. The van der Waals surface area contributed by atoms with E-state index in [0.717, 1.165) is 116 Å². The highest BCUT2D eigenvalue weighted by atomic mass is 79.9. The van der Waals surface area contributed by atoms with E-state index in [1.165, 1.54) is 25.7 Å². The van der Waals surface area contributed by atoms with Gasteiger partial charge in [0.15, 0.2) is 0 Å². The quantitative estimate of drug-likeness (QED) is 0.199. The van der Waals surface area contributed by atoms with E-state index in [0.29, 0.717) is 44.6 Å². The number of nitrogens with two attached hydrogens (primary N) is 2. The van der Waals surface area contributed by atoms with Gasteiger partial charge < -0.3 is 39.9 Å². The lowest BCUT2D eigenvalue weighted by molar-refractivity contribution is 0.0233. The number of nitriles is 4. The Morgan fingerprint density at radius 3 is 1.17 bits per heavy atom. The molecule has 0 aromatic carbocycles. The molecular weight excluding hydrogens is 811 g/mol. The summed E-state index contributed by atoms with van der Waals surface area (Å²) < 4.78 is 30.4. The van der Waals surface area contributed by atoms with Crippen molar-refractivity contribution in [1.29, 1.82) is 21.0 Å². The first kappa shape index (κ1) is 53.4. The van der Waals surface area contributed by atoms with Crippen molar-refractivity contribution in [2.75, 3.05) is 116 Å². The van der Waals surface area contributed by atoms with Crippen LogP contribution in [0, 0.1) is 61.6 Å². The van der Waals surface area contributed by atoms with Crippen LogP contribution in [0.2, 0.25) is 0 Å². The molecule has 17 heteroatoms. The van der Waals surface area contributed by atoms with Gasteiger partial charge in [-0.3, -0.25) is 0 Å². The molecule has 0 saturated carbocycles. The summed E-state index contributed by atoms with van der Waals surface area (Å²) in [6.45, 7) is 13.5. The largest absolute Gasteiger partial charge is 0.381 e. The van der Waals surface area contributed by atoms with Crippen LogP contribution in [0.25, 0.3) is 0 Å². The average Bonchev–Trinajstić information content (AvgIpc) is 4.05. The molecule has 6 aliphatic heterocycles. The molecule has 4 N–H and O–H groups in total. The number of halogens is 2. The standard InChI is InChI=1S/C7H12N2O.C7H16N2O.C7H8N2O.C4H8Br2O.2C4H8O.C3H2N2.B/c1-3-10-4-2-7(1)5-8-9-6-7;2*8-5-7(6-9)1-3-10-4-2-7;5-1-3-7-4-2-6;2*1-2-4-5-3-1;4-2-1-3-5;/h1-6H2;1-6,8-9H2;1-4H2;1-4H2;2*1-4H2;1H2;. The Kier molecular flexibility index (Phi) is 37.5. The lowest BCUT2D eigenvalue weighted by Crippen LogP contribution is -2.42. The van der Waals surface area contributed by atoms with Gasteiger partial charge in [-0.2, -0.15) is 31.3 Å². The summed E-state index contributed by atoms with van der Waals surface area (Å²) in [6, 6.07) is 7.36. The zero-order valence-electron chi connectivity index (χ0n) is 31.6. The van der Waals surface area contributed by atoms with Crippen molar-refractivity contribution in [2.24, 2.45) is 37.9 Å². The van der Waals surface area contributed by atoms with Gasteiger partial charge in [-0.05, 0) is 69.9 Å². The van der Waals surface area contributed by atoms with Crippen LogP contribution in [0.5, 0.6) is 0 Å². The molecule has 0 amide bonds. The van der Waals surface area contributed by atoms with Crippen LogP contribution in [0.15, 0.2) is 10.2 Å². The van der Waals surface area contributed by atoms with E-state index in [1.54, 1.807) is 12.1 Å². The van der Waals surface area contributed by atoms with E-state index in [-0.39, 0.29) is 20.2 Å². The number of ether oxygens (including phenoxy) is 6. The number of hydrogen-bond acceptors (Lipinski definition) is 14. The van der Waals surface area contributed by atoms with E-state index < -0.39 is 5.41 Å². The van der Waals surface area contributed by atoms with Gasteiger partial charge in [0.25, 0.3) is 0 Å². The van der Waals surface area contributed by atoms with Crippen LogP contribution in [-0.2, 0) is 28.4 Å². The lowest BCUT2D eigenvalue weighted by atomic mass is 9.80. The first-order chi connectivity index (χ1) is 25.4. The second-order valence-corrected chi connectivity index (χ2v) is 14.4. The number of hydrogen-bond donors (Lipinski definition) is 2. The minimum Gasteiger partial charge on any atom is -0.381 e. The molecule has 3 radical (unpaired) electrons. The molecule has 5 saturated heterocycles. The van der Waals surface area contributed by atoms with Crippen molar-refractivity contribution >= 4 is 40.3 Å². The molecule has 299 valence electrons. The van der Waals surface area contributed by atoms with Crippen molar-refractivity contribution in [3.05, 3.63) is 0 Å². The molecule has 0 atom stereocenters. The number of rotatable bonds is 6. The Morgan fingerprint density at radius 1 is 0.566 bits per heavy atom. The molecule has 6 heterocycles. The highest BCUT2D eigenvalue weighted by Crippen LogP contribution is 2.34. The molecule has 5 fully saturated rings. The van der Waals surface area contributed by atoms with Gasteiger partial charge >= 0.3 is 0 Å². The Hall–Kier alpha value is -1.74. The van der Waals surface area contributed by atoms with Gasteiger partial charge in [-0.25, -0.2) is 0 Å². The molecular formula is C36H62BBr2N8O6. The fraction of sp³-hybridized carbons (Fsp3) is 0.889. The van der Waals surface area contributed by atoms with Crippen molar-refractivity contribution in [1.82, 2.24) is 0 Å². The van der Waals surface area contributed by atoms with Gasteiger partial charge in [-0.1, -0.05) is 31.9 Å². The first-order valence-electron chi connectivity index (χ1n) is 18.3. The van der Waals surface area contributed by atoms with E-state index in [2.05, 4.69) is 42.1 Å². The molecule has 0 unspecified atom stereocenters. The second-order valence-electron chi connectivity index (χ2n) is 12.8. The maximum absolute atomic E-state index is 8.61. The van der Waals surface area contributed by atoms with Gasteiger partial charge in [0, 0.05) is 103 Å². The number of alkyl halides is 2. The summed E-state index contributed by atoms with van der Waals surface area (Å²) in [4.78, 5) is 0. The summed E-state index contributed by atoms with van der Waals surface area (Å²) in [5.74, 6) is 0. The van der Waals surface area contributed by atoms with E-state index in [9.17, 15) is 0 Å². The summed E-state index contributed by atoms with van der Waals surface area (Å²) in [5.41, 5.74) is 11.1. The third-order valence-corrected chi connectivity index (χ3v) is 9.56. The van der Waals surface area contributed by atoms with Crippen LogP contribution >= 0.6 is 31.9 Å². The highest BCUT2D eigenvalue weighted by molar-refractivity contribution is 9.09. The predicted octanol–water partition coefficient (Wildman–Crippen LogP) is 5.21. The summed E-state index contributed by atoms with van der Waals surface area (Å²) >= 11 is 6.48. The summed E-state index contributed by atoms with van der Waals surface area (Å²) in [5, 5.41) is 42.3. The SMILES string of the molecule is BrCCOCCBr.C1CC2(CCO1)CN=NC2.C1CCOC1.C1CCOC1.N#CC1(C#N)CCOCC1.N#CCC#N.NCC1(CN)CCOCC1.[B]. The highest BCUT2D eigenvalue weighted by Gasteiger charge is 2.35. The zero-order valence-corrected chi connectivity index (χ0v) is 34.8. The van der Waals surface area contributed by atoms with Crippen molar-refractivity contribution in [3.8, 4) is 24.3 Å². The van der Waals surface area contributed by atoms with E-state index in [4.69, 9.17) is 60.9 Å². The third-order valence-electron chi connectivity index (χ3n) is 8.92. The summed E-state index contributed by atoms with van der Waals surface area (Å²) in [7, 11) is 0. The normalized spacial score (nSPS) is 20.7. The maximum Gasteiger partial charge on any atom is 0.148 e. The Balaban J connectivity index is 0. The van der Waals surface area contributed by atoms with Crippen molar-refractivity contribution in [2.45, 2.75) is 70.6 Å². The average molecular weight is 874 g/mol. The molecule has 1 spiro atoms. The van der Waals surface area contributed by atoms with Gasteiger partial charge in [0.1, 0.15) is 11.8 Å². The van der Waals surface area contributed by atoms with Crippen molar-refractivity contribution < 1.29 is 28.4 Å². The zero-order chi connectivity index (χ0) is 38.5. The third kappa shape index (κ3) is 27.5. The molecule has 53 heavy (non-hydrogen) atoms. The molecule has 14 nitrogen and oxygen atoms in total. The molecule has 0 aromatic heterocycles. The van der Waals surface area contributed by atoms with Crippen LogP contribution in [0.4, 0.5) is 0 Å². The van der Waals surface area contributed by atoms with Crippen LogP contribution in [0.1, 0.15) is 70.6 Å². The molecule has 0 aromatic rings. The van der Waals surface area contributed by atoms with Crippen molar-refractivity contribution in [3.63, 3.8) is 0 Å². The predicted molar refractivity (Wildman–Crippen MR) is 211 cm³/mol. The monoisotopic (exact) mass is 871 g/mol. The Bertz CT molecular complexity index is 959. The fourth-order valence-electron chi connectivity index (χ4n) is 5.10. The van der Waals surface area contributed by atoms with Gasteiger partial charge in [0.2, 0.25) is 0 Å². The lowest BCUT2D eigenvalue weighted by Gasteiger charge is -2.34. The van der Waals surface area contributed by atoms with Gasteiger partial charge in [0.05, 0.1) is 50.6 Å². The Labute approximate surface area is 337 Å². The minimum absolute atomic E-state index is 0. The second kappa shape index (κ2) is 37.2. The van der Waals surface area contributed by atoms with Crippen LogP contribution < -0.4 is 11.5 Å². The van der Waals surface area contributed by atoms with E-state index in [1.807, 2.05) is 12.1 Å². The Morgan fingerprint density at radius 2 is 0.925 bits per heavy atom. The fourth-order valence-corrected chi connectivity index (χ4v) is 5.56.